The number of rotatable bonds is 5. The largest absolute Gasteiger partial charge is 0.481 e. The SMILES string of the molecule is CCc1nnc(SCC(=O)O)n1-c1cc(Br)c(F)cc1C. The minimum atomic E-state index is -0.926. The van der Waals surface area contributed by atoms with Crippen molar-refractivity contribution in [1.82, 2.24) is 14.8 Å². The Morgan fingerprint density at radius 1 is 1.48 bits per heavy atom. The first kappa shape index (κ1) is 16.0. The van der Waals surface area contributed by atoms with Gasteiger partial charge in [0.05, 0.1) is 15.9 Å². The number of nitrogens with zero attached hydrogens (tertiary/aromatic N) is 3. The summed E-state index contributed by atoms with van der Waals surface area (Å²) in [5, 5.41) is 17.4. The van der Waals surface area contributed by atoms with Crippen molar-refractivity contribution in [2.75, 3.05) is 5.75 Å². The maximum absolute atomic E-state index is 13.6. The molecule has 0 saturated carbocycles. The first-order valence-corrected chi connectivity index (χ1v) is 7.96. The van der Waals surface area contributed by atoms with Crippen LogP contribution in [0.25, 0.3) is 5.69 Å². The van der Waals surface area contributed by atoms with Crippen LogP contribution in [0.2, 0.25) is 0 Å². The summed E-state index contributed by atoms with van der Waals surface area (Å²) in [6.07, 6.45) is 0.634. The number of benzene rings is 1. The lowest BCUT2D eigenvalue weighted by Crippen LogP contribution is -2.06. The number of aryl methyl sites for hydroxylation is 2. The number of thioether (sulfide) groups is 1. The van der Waals surface area contributed by atoms with E-state index in [-0.39, 0.29) is 11.6 Å². The second kappa shape index (κ2) is 6.57. The number of carboxylic acids is 1. The van der Waals surface area contributed by atoms with Crippen molar-refractivity contribution in [2.45, 2.75) is 25.4 Å². The molecular weight excluding hydrogens is 361 g/mol. The van der Waals surface area contributed by atoms with Crippen molar-refractivity contribution in [1.29, 1.82) is 0 Å². The molecule has 0 aliphatic rings. The molecule has 1 aromatic carbocycles. The summed E-state index contributed by atoms with van der Waals surface area (Å²) in [4.78, 5) is 10.7. The summed E-state index contributed by atoms with van der Waals surface area (Å²) >= 11 is 4.25. The van der Waals surface area contributed by atoms with E-state index < -0.39 is 5.97 Å². The third-order valence-electron chi connectivity index (χ3n) is 2.82. The molecule has 0 aliphatic heterocycles. The zero-order valence-corrected chi connectivity index (χ0v) is 13.8. The summed E-state index contributed by atoms with van der Waals surface area (Å²) < 4.78 is 15.7. The molecule has 0 fully saturated rings. The van der Waals surface area contributed by atoms with Gasteiger partial charge in [-0.1, -0.05) is 18.7 Å². The van der Waals surface area contributed by atoms with Gasteiger partial charge in [0, 0.05) is 6.42 Å². The lowest BCUT2D eigenvalue weighted by Gasteiger charge is -2.12. The fourth-order valence-electron chi connectivity index (χ4n) is 1.87. The van der Waals surface area contributed by atoms with Crippen LogP contribution in [0.1, 0.15) is 18.3 Å². The van der Waals surface area contributed by atoms with Gasteiger partial charge in [-0.25, -0.2) is 4.39 Å². The minimum Gasteiger partial charge on any atom is -0.481 e. The third kappa shape index (κ3) is 3.44. The van der Waals surface area contributed by atoms with E-state index in [1.807, 2.05) is 6.92 Å². The van der Waals surface area contributed by atoms with Crippen LogP contribution < -0.4 is 0 Å². The smallest absolute Gasteiger partial charge is 0.313 e. The molecule has 21 heavy (non-hydrogen) atoms. The highest BCUT2D eigenvalue weighted by Crippen LogP contribution is 2.28. The zero-order chi connectivity index (χ0) is 15.6. The van der Waals surface area contributed by atoms with Crippen molar-refractivity contribution in [3.8, 4) is 5.69 Å². The van der Waals surface area contributed by atoms with Gasteiger partial charge in [0.25, 0.3) is 0 Å². The number of halogens is 2. The average molecular weight is 374 g/mol. The Bertz CT molecular complexity index is 690. The Balaban J connectivity index is 2.53. The molecule has 0 atom stereocenters. The van der Waals surface area contributed by atoms with Crippen molar-refractivity contribution in [3.63, 3.8) is 0 Å². The molecule has 5 nitrogen and oxygen atoms in total. The lowest BCUT2D eigenvalue weighted by molar-refractivity contribution is -0.133. The van der Waals surface area contributed by atoms with Crippen molar-refractivity contribution in [3.05, 3.63) is 33.8 Å². The minimum absolute atomic E-state index is 0.108. The second-order valence-electron chi connectivity index (χ2n) is 4.32. The average Bonchev–Trinajstić information content (AvgIpc) is 2.83. The first-order valence-electron chi connectivity index (χ1n) is 6.19. The molecule has 0 spiro atoms. The fraction of sp³-hybridized carbons (Fsp3) is 0.308. The van der Waals surface area contributed by atoms with E-state index in [2.05, 4.69) is 26.1 Å². The highest BCUT2D eigenvalue weighted by atomic mass is 79.9. The molecule has 0 unspecified atom stereocenters. The van der Waals surface area contributed by atoms with Gasteiger partial charge < -0.3 is 5.11 Å². The van der Waals surface area contributed by atoms with Gasteiger partial charge in [0.1, 0.15) is 11.6 Å². The third-order valence-corrected chi connectivity index (χ3v) is 4.34. The number of aliphatic carboxylic acids is 1. The van der Waals surface area contributed by atoms with Gasteiger partial charge >= 0.3 is 5.97 Å². The number of hydrogen-bond donors (Lipinski definition) is 1. The molecule has 2 rings (SSSR count). The van der Waals surface area contributed by atoms with E-state index in [1.54, 1.807) is 17.6 Å². The predicted octanol–water partition coefficient (Wildman–Crippen LogP) is 3.22. The maximum Gasteiger partial charge on any atom is 0.313 e. The molecule has 1 N–H and O–H groups in total. The van der Waals surface area contributed by atoms with E-state index in [1.165, 1.54) is 6.07 Å². The summed E-state index contributed by atoms with van der Waals surface area (Å²) in [5.74, 6) is -0.681. The molecule has 0 bridgehead atoms. The van der Waals surface area contributed by atoms with Crippen molar-refractivity contribution < 1.29 is 14.3 Å². The highest BCUT2D eigenvalue weighted by molar-refractivity contribution is 9.10. The van der Waals surface area contributed by atoms with Crippen LogP contribution in [0.15, 0.2) is 21.8 Å². The normalized spacial score (nSPS) is 10.9. The van der Waals surface area contributed by atoms with Crippen LogP contribution in [-0.2, 0) is 11.2 Å². The van der Waals surface area contributed by atoms with Gasteiger partial charge in [-0.05, 0) is 40.5 Å². The lowest BCUT2D eigenvalue weighted by atomic mass is 10.2. The van der Waals surface area contributed by atoms with Crippen LogP contribution in [0.3, 0.4) is 0 Å². The fourth-order valence-corrected chi connectivity index (χ4v) is 2.88. The summed E-state index contributed by atoms with van der Waals surface area (Å²) in [7, 11) is 0. The molecule has 0 radical (unpaired) electrons. The van der Waals surface area contributed by atoms with Crippen LogP contribution >= 0.6 is 27.7 Å². The van der Waals surface area contributed by atoms with E-state index in [9.17, 15) is 9.18 Å². The molecular formula is C13H13BrFN3O2S. The zero-order valence-electron chi connectivity index (χ0n) is 11.4. The molecule has 0 amide bonds. The molecule has 8 heteroatoms. The molecule has 2 aromatic rings. The van der Waals surface area contributed by atoms with E-state index in [4.69, 9.17) is 5.11 Å². The molecule has 112 valence electrons. The van der Waals surface area contributed by atoms with Crippen LogP contribution in [0.4, 0.5) is 4.39 Å². The summed E-state index contributed by atoms with van der Waals surface area (Å²) in [6, 6.07) is 3.07. The van der Waals surface area contributed by atoms with E-state index in [0.717, 1.165) is 23.0 Å². The Morgan fingerprint density at radius 3 is 2.81 bits per heavy atom. The summed E-state index contributed by atoms with van der Waals surface area (Å²) in [6.45, 7) is 3.72. The van der Waals surface area contributed by atoms with Crippen LogP contribution in [-0.4, -0.2) is 31.6 Å². The van der Waals surface area contributed by atoms with Crippen LogP contribution in [0.5, 0.6) is 0 Å². The molecule has 0 saturated heterocycles. The summed E-state index contributed by atoms with van der Waals surface area (Å²) in [5.41, 5.74) is 1.46. The highest BCUT2D eigenvalue weighted by Gasteiger charge is 2.17. The topological polar surface area (TPSA) is 68.0 Å². The van der Waals surface area contributed by atoms with Gasteiger partial charge in [-0.3, -0.25) is 9.36 Å². The maximum atomic E-state index is 13.6. The number of carbonyl (C=O) groups is 1. The predicted molar refractivity (Wildman–Crippen MR) is 81.5 cm³/mol. The Kier molecular flexibility index (Phi) is 5.00. The van der Waals surface area contributed by atoms with Gasteiger partial charge in [-0.2, -0.15) is 0 Å². The quantitative estimate of drug-likeness (QED) is 0.814. The number of aromatic nitrogens is 3. The number of hydrogen-bond acceptors (Lipinski definition) is 4. The van der Waals surface area contributed by atoms with E-state index in [0.29, 0.717) is 21.9 Å². The van der Waals surface area contributed by atoms with Crippen molar-refractivity contribution >= 4 is 33.7 Å². The van der Waals surface area contributed by atoms with Crippen LogP contribution in [0, 0.1) is 12.7 Å². The van der Waals surface area contributed by atoms with Gasteiger partial charge in [-0.15, -0.1) is 10.2 Å². The van der Waals surface area contributed by atoms with Crippen molar-refractivity contribution in [2.24, 2.45) is 0 Å². The first-order chi connectivity index (χ1) is 9.93. The van der Waals surface area contributed by atoms with Gasteiger partial charge in [0.2, 0.25) is 0 Å². The Labute approximate surface area is 133 Å². The molecule has 1 aromatic heterocycles. The number of carboxylic acid groups (broad SMARTS) is 1. The van der Waals surface area contributed by atoms with Gasteiger partial charge in [0.15, 0.2) is 5.16 Å². The Morgan fingerprint density at radius 2 is 2.19 bits per heavy atom. The standard InChI is InChI=1S/C13H13BrFN3O2S/c1-3-11-16-17-13(21-6-12(19)20)18(11)10-5-8(14)9(15)4-7(10)2/h4-5H,3,6H2,1-2H3,(H,19,20). The molecule has 0 aliphatic carbocycles. The second-order valence-corrected chi connectivity index (χ2v) is 6.12. The Hall–Kier alpha value is -1.41. The van der Waals surface area contributed by atoms with E-state index >= 15 is 0 Å². The molecule has 1 heterocycles. The monoisotopic (exact) mass is 373 g/mol.